The van der Waals surface area contributed by atoms with Crippen molar-refractivity contribution in [3.05, 3.63) is 71.7 Å². The van der Waals surface area contributed by atoms with Gasteiger partial charge in [-0.3, -0.25) is 9.36 Å². The average Bonchev–Trinajstić information content (AvgIpc) is 2.96. The van der Waals surface area contributed by atoms with E-state index in [1.54, 1.807) is 24.3 Å². The number of amides is 1. The number of nitrogens with zero attached hydrogens (tertiary/aromatic N) is 2. The van der Waals surface area contributed by atoms with Crippen LogP contribution >= 0.6 is 0 Å². The Morgan fingerprint density at radius 2 is 1.92 bits per heavy atom. The van der Waals surface area contributed by atoms with E-state index in [1.165, 1.54) is 10.9 Å². The quantitative estimate of drug-likeness (QED) is 0.751. The zero-order valence-electron chi connectivity index (χ0n) is 12.9. The van der Waals surface area contributed by atoms with E-state index in [0.29, 0.717) is 11.5 Å². The molecule has 1 amide bonds. The lowest BCUT2D eigenvalue weighted by Gasteiger charge is -2.23. The van der Waals surface area contributed by atoms with Gasteiger partial charge in [0.15, 0.2) is 0 Å². The second kappa shape index (κ2) is 5.70. The summed E-state index contributed by atoms with van der Waals surface area (Å²) in [5, 5.41) is 12.4. The Balaban J connectivity index is 1.84. The number of aromatic nitrogens is 2. The van der Waals surface area contributed by atoms with E-state index in [-0.39, 0.29) is 29.7 Å². The third kappa shape index (κ3) is 2.73. The summed E-state index contributed by atoms with van der Waals surface area (Å²) in [5.41, 5.74) is 1.55. The van der Waals surface area contributed by atoms with Crippen molar-refractivity contribution in [2.75, 3.05) is 5.32 Å². The maximum atomic E-state index is 13.5. The number of hydrogen-bond acceptors (Lipinski definition) is 3. The number of aromatic hydroxyl groups is 1. The largest absolute Gasteiger partial charge is 0.508 e. The van der Waals surface area contributed by atoms with Crippen LogP contribution in [0, 0.1) is 11.6 Å². The van der Waals surface area contributed by atoms with E-state index in [1.807, 2.05) is 0 Å². The molecule has 0 unspecified atom stereocenters. The Bertz CT molecular complexity index is 964. The van der Waals surface area contributed by atoms with Crippen LogP contribution in [0.25, 0.3) is 5.69 Å². The molecule has 1 aromatic heterocycles. The molecule has 1 aliphatic rings. The smallest absolute Gasteiger partial charge is 0.226 e. The predicted octanol–water partition coefficient (Wildman–Crippen LogP) is 3.33. The first-order valence-electron chi connectivity index (χ1n) is 7.64. The van der Waals surface area contributed by atoms with Crippen LogP contribution in [0.1, 0.15) is 23.6 Å². The molecule has 0 saturated carbocycles. The lowest BCUT2D eigenvalue weighted by molar-refractivity contribution is -0.116. The molecule has 126 valence electrons. The fraction of sp³-hybridized carbons (Fsp3) is 0.111. The number of phenols is 1. The highest BCUT2D eigenvalue weighted by molar-refractivity contribution is 5.94. The van der Waals surface area contributed by atoms with E-state index in [9.17, 15) is 18.7 Å². The minimum atomic E-state index is -0.718. The number of rotatable bonds is 2. The maximum absolute atomic E-state index is 13.5. The van der Waals surface area contributed by atoms with Crippen molar-refractivity contribution >= 4 is 11.7 Å². The molecule has 0 fully saturated rings. The van der Waals surface area contributed by atoms with Crippen molar-refractivity contribution in [2.24, 2.45) is 0 Å². The average molecular weight is 341 g/mol. The van der Waals surface area contributed by atoms with Gasteiger partial charge in [0.1, 0.15) is 29.5 Å². The van der Waals surface area contributed by atoms with Crippen LogP contribution in [0.5, 0.6) is 5.75 Å². The first-order valence-corrected chi connectivity index (χ1v) is 7.64. The van der Waals surface area contributed by atoms with E-state index in [2.05, 4.69) is 10.3 Å². The Labute approximate surface area is 141 Å². The van der Waals surface area contributed by atoms with Crippen LogP contribution in [-0.2, 0) is 4.79 Å². The zero-order chi connectivity index (χ0) is 17.6. The van der Waals surface area contributed by atoms with E-state index < -0.39 is 11.6 Å². The molecule has 0 radical (unpaired) electrons. The number of anilines is 1. The van der Waals surface area contributed by atoms with Gasteiger partial charge in [-0.05, 0) is 29.8 Å². The molecule has 7 heteroatoms. The van der Waals surface area contributed by atoms with Crippen LogP contribution < -0.4 is 5.32 Å². The molecule has 0 saturated heterocycles. The van der Waals surface area contributed by atoms with Crippen LogP contribution in [0.15, 0.2) is 48.8 Å². The first-order chi connectivity index (χ1) is 12.0. The third-order valence-corrected chi connectivity index (χ3v) is 4.17. The Kier molecular flexibility index (Phi) is 3.49. The second-order valence-electron chi connectivity index (χ2n) is 5.88. The number of imidazole rings is 1. The molecule has 0 aliphatic carbocycles. The number of carbonyl (C=O) groups excluding carboxylic acids is 1. The van der Waals surface area contributed by atoms with Gasteiger partial charge in [-0.2, -0.15) is 0 Å². The number of fused-ring (bicyclic) bond motifs is 1. The minimum Gasteiger partial charge on any atom is -0.508 e. The van der Waals surface area contributed by atoms with E-state index in [0.717, 1.165) is 23.8 Å². The van der Waals surface area contributed by atoms with Gasteiger partial charge in [-0.25, -0.2) is 13.8 Å². The van der Waals surface area contributed by atoms with E-state index in [4.69, 9.17) is 0 Å². The van der Waals surface area contributed by atoms with Crippen molar-refractivity contribution in [1.29, 1.82) is 0 Å². The van der Waals surface area contributed by atoms with Crippen molar-refractivity contribution < 1.29 is 18.7 Å². The molecule has 0 bridgehead atoms. The minimum absolute atomic E-state index is 0.0941. The fourth-order valence-corrected chi connectivity index (χ4v) is 3.10. The highest BCUT2D eigenvalue weighted by Gasteiger charge is 2.31. The molecule has 2 N–H and O–H groups in total. The van der Waals surface area contributed by atoms with Gasteiger partial charge < -0.3 is 10.4 Å². The standard InChI is InChI=1S/C18H13F2N3O2/c19-11-5-12(20)7-13(6-11)23-9-21-17-15(8-16(25)22-18(17)23)10-2-1-3-14(24)4-10/h1-7,9,15,24H,8H2,(H,22,25)/t15-/m0/s1. The number of hydrogen-bond donors (Lipinski definition) is 2. The van der Waals surface area contributed by atoms with Gasteiger partial charge >= 0.3 is 0 Å². The van der Waals surface area contributed by atoms with Gasteiger partial charge in [0, 0.05) is 18.4 Å². The predicted molar refractivity (Wildman–Crippen MR) is 86.7 cm³/mol. The SMILES string of the molecule is O=C1C[C@@H](c2cccc(O)c2)c2ncn(-c3cc(F)cc(F)c3)c2N1. The summed E-state index contributed by atoms with van der Waals surface area (Å²) in [4.78, 5) is 16.5. The Morgan fingerprint density at radius 3 is 2.64 bits per heavy atom. The monoisotopic (exact) mass is 341 g/mol. The number of nitrogens with one attached hydrogen (secondary N) is 1. The molecular weight excluding hydrogens is 328 g/mol. The van der Waals surface area contributed by atoms with Crippen LogP contribution in [0.4, 0.5) is 14.6 Å². The van der Waals surface area contributed by atoms with Gasteiger partial charge in [0.2, 0.25) is 5.91 Å². The van der Waals surface area contributed by atoms with Crippen molar-refractivity contribution in [1.82, 2.24) is 9.55 Å². The van der Waals surface area contributed by atoms with Gasteiger partial charge in [0.25, 0.3) is 0 Å². The molecule has 1 atom stereocenters. The van der Waals surface area contributed by atoms with Crippen molar-refractivity contribution in [2.45, 2.75) is 12.3 Å². The molecular formula is C18H13F2N3O2. The van der Waals surface area contributed by atoms with Gasteiger partial charge in [-0.15, -0.1) is 0 Å². The highest BCUT2D eigenvalue weighted by Crippen LogP contribution is 2.38. The number of benzene rings is 2. The number of phenolic OH excluding ortho intramolecular Hbond substituents is 1. The van der Waals surface area contributed by atoms with Crippen LogP contribution in [-0.4, -0.2) is 20.6 Å². The summed E-state index contributed by atoms with van der Waals surface area (Å²) in [6.07, 6.45) is 1.59. The van der Waals surface area contributed by atoms with Crippen LogP contribution in [0.3, 0.4) is 0 Å². The second-order valence-corrected chi connectivity index (χ2v) is 5.88. The summed E-state index contributed by atoms with van der Waals surface area (Å²) in [6.45, 7) is 0. The Morgan fingerprint density at radius 1 is 1.16 bits per heavy atom. The highest BCUT2D eigenvalue weighted by atomic mass is 19.1. The topological polar surface area (TPSA) is 67.1 Å². The molecule has 1 aliphatic heterocycles. The Hall–Kier alpha value is -3.22. The lowest BCUT2D eigenvalue weighted by atomic mass is 9.90. The molecule has 2 heterocycles. The molecule has 5 nitrogen and oxygen atoms in total. The maximum Gasteiger partial charge on any atom is 0.226 e. The summed E-state index contributed by atoms with van der Waals surface area (Å²) in [6, 6.07) is 9.71. The molecule has 3 aromatic rings. The van der Waals surface area contributed by atoms with Crippen molar-refractivity contribution in [3.8, 4) is 11.4 Å². The number of halogens is 2. The molecule has 4 rings (SSSR count). The fourth-order valence-electron chi connectivity index (χ4n) is 3.10. The third-order valence-electron chi connectivity index (χ3n) is 4.17. The molecule has 2 aromatic carbocycles. The van der Waals surface area contributed by atoms with Gasteiger partial charge in [0.05, 0.1) is 11.4 Å². The van der Waals surface area contributed by atoms with Gasteiger partial charge in [-0.1, -0.05) is 12.1 Å². The van der Waals surface area contributed by atoms with E-state index >= 15 is 0 Å². The normalized spacial score (nSPS) is 16.4. The van der Waals surface area contributed by atoms with Crippen LogP contribution in [0.2, 0.25) is 0 Å². The summed E-state index contributed by atoms with van der Waals surface area (Å²) in [5.74, 6) is -1.56. The molecule has 25 heavy (non-hydrogen) atoms. The van der Waals surface area contributed by atoms with Crippen molar-refractivity contribution in [3.63, 3.8) is 0 Å². The summed E-state index contributed by atoms with van der Waals surface area (Å²) in [7, 11) is 0. The summed E-state index contributed by atoms with van der Waals surface area (Å²) >= 11 is 0. The molecule has 0 spiro atoms. The lowest BCUT2D eigenvalue weighted by Crippen LogP contribution is -2.24. The number of carbonyl (C=O) groups is 1. The summed E-state index contributed by atoms with van der Waals surface area (Å²) < 4.78 is 28.5. The first kappa shape index (κ1) is 15.3. The zero-order valence-corrected chi connectivity index (χ0v) is 12.9.